The number of carbonyl (C=O) groups excluding carboxylic acids is 2. The molecule has 2 fully saturated rings. The molecule has 1 saturated heterocycles. The van der Waals surface area contributed by atoms with E-state index in [1.54, 1.807) is 7.11 Å². The predicted molar refractivity (Wildman–Crippen MR) is 78.9 cm³/mol. The van der Waals surface area contributed by atoms with E-state index < -0.39 is 6.09 Å². The predicted octanol–water partition coefficient (Wildman–Crippen LogP) is 2.35. The van der Waals surface area contributed by atoms with Crippen LogP contribution in [0.5, 0.6) is 0 Å². The van der Waals surface area contributed by atoms with Crippen LogP contribution in [0.4, 0.5) is 4.79 Å². The van der Waals surface area contributed by atoms with Crippen molar-refractivity contribution in [1.82, 2.24) is 4.90 Å². The average molecular weight is 475 g/mol. The molecule has 1 aliphatic carbocycles. The molecule has 0 aromatic heterocycles. The molecule has 5 nitrogen and oxygen atoms in total. The van der Waals surface area contributed by atoms with Crippen molar-refractivity contribution in [2.45, 2.75) is 32.1 Å². The Morgan fingerprint density at radius 2 is 2.32 bits per heavy atom. The van der Waals surface area contributed by atoms with E-state index in [1.807, 2.05) is 6.08 Å². The Morgan fingerprint density at radius 3 is 2.95 bits per heavy atom. The zero-order valence-electron chi connectivity index (χ0n) is 12.8. The summed E-state index contributed by atoms with van der Waals surface area (Å²) >= 11 is 1.37. The van der Waals surface area contributed by atoms with Gasteiger partial charge in [0.05, 0.1) is 0 Å². The zero-order chi connectivity index (χ0) is 16.1. The molecule has 2 rings (SSSR count). The van der Waals surface area contributed by atoms with Gasteiger partial charge in [0.25, 0.3) is 0 Å². The molecule has 0 radical (unpaired) electrons. The van der Waals surface area contributed by atoms with Crippen molar-refractivity contribution in [2.75, 3.05) is 20.3 Å². The van der Waals surface area contributed by atoms with Crippen molar-refractivity contribution in [3.05, 3.63) is 24.0 Å². The Balaban J connectivity index is 2.07. The molecular formula is C16H21NO4W. The van der Waals surface area contributed by atoms with Gasteiger partial charge in [-0.05, 0) is 0 Å². The molecule has 0 spiro atoms. The van der Waals surface area contributed by atoms with Crippen LogP contribution < -0.4 is 0 Å². The number of rotatable bonds is 4. The molecule has 120 valence electrons. The third-order valence-corrected chi connectivity index (χ3v) is 6.16. The number of hydrogen-bond acceptors (Lipinski definition) is 4. The van der Waals surface area contributed by atoms with Gasteiger partial charge in [-0.2, -0.15) is 0 Å². The minimum atomic E-state index is -0.507. The standard InChI is InChI=1S/C16H21NO4.W/c1-12(20-2)9-13-5-3-4-6-14(10-13)11-15(18)17-7-8-21-16(17)19;/h9,14H,1,3-8,11H2,2H3;. The van der Waals surface area contributed by atoms with Gasteiger partial charge in [-0.3, -0.25) is 0 Å². The Labute approximate surface area is 141 Å². The topological polar surface area (TPSA) is 55.8 Å². The van der Waals surface area contributed by atoms with Gasteiger partial charge in [-0.25, -0.2) is 0 Å². The van der Waals surface area contributed by atoms with Crippen molar-refractivity contribution >= 4 is 15.9 Å². The van der Waals surface area contributed by atoms with Crippen molar-refractivity contribution in [1.29, 1.82) is 0 Å². The molecule has 2 aliphatic rings. The molecule has 2 amide bonds. The number of cyclic esters (lactones) is 1. The number of imide groups is 1. The van der Waals surface area contributed by atoms with Gasteiger partial charge in [-0.15, -0.1) is 0 Å². The average Bonchev–Trinajstić information content (AvgIpc) is 2.86. The summed E-state index contributed by atoms with van der Waals surface area (Å²) in [4.78, 5) is 25.1. The normalized spacial score (nSPS) is 24.1. The SMILES string of the molecule is C=C(C=C1CCCCC(CC(=O)N2CCOC2=O)[C]1=[W])OC. The molecule has 6 heteroatoms. The monoisotopic (exact) mass is 475 g/mol. The van der Waals surface area contributed by atoms with Gasteiger partial charge < -0.3 is 0 Å². The van der Waals surface area contributed by atoms with Crippen LogP contribution in [-0.2, 0) is 33.6 Å². The van der Waals surface area contributed by atoms with E-state index in [0.717, 1.165) is 25.7 Å². The molecule has 1 atom stereocenters. The van der Waals surface area contributed by atoms with Gasteiger partial charge in [-0.1, -0.05) is 0 Å². The molecule has 0 bridgehead atoms. The summed E-state index contributed by atoms with van der Waals surface area (Å²) in [6.07, 6.45) is 6.04. The molecule has 0 aromatic carbocycles. The summed E-state index contributed by atoms with van der Waals surface area (Å²) in [6.45, 7) is 4.53. The summed E-state index contributed by atoms with van der Waals surface area (Å²) in [5.74, 6) is 0.719. The Morgan fingerprint density at radius 1 is 1.55 bits per heavy atom. The van der Waals surface area contributed by atoms with Crippen LogP contribution in [0.2, 0.25) is 0 Å². The molecule has 1 saturated carbocycles. The van der Waals surface area contributed by atoms with E-state index in [-0.39, 0.29) is 11.8 Å². The quantitative estimate of drug-likeness (QED) is 0.463. The molecule has 22 heavy (non-hydrogen) atoms. The van der Waals surface area contributed by atoms with E-state index in [2.05, 4.69) is 6.58 Å². The van der Waals surface area contributed by atoms with E-state index in [1.165, 1.54) is 33.7 Å². The first-order valence-corrected chi connectivity index (χ1v) is 8.94. The Hall–Kier alpha value is -1.22. The molecule has 0 N–H and O–H groups in total. The minimum absolute atomic E-state index is 0.127. The van der Waals surface area contributed by atoms with Crippen LogP contribution in [0.15, 0.2) is 24.0 Å². The molecule has 1 unspecified atom stereocenters. The number of ether oxygens (including phenoxy) is 2. The second-order valence-electron chi connectivity index (χ2n) is 5.51. The molecular weight excluding hydrogens is 454 g/mol. The number of allylic oxidation sites excluding steroid dienone is 2. The second-order valence-corrected chi connectivity index (χ2v) is 7.09. The van der Waals surface area contributed by atoms with E-state index in [4.69, 9.17) is 9.47 Å². The van der Waals surface area contributed by atoms with Gasteiger partial charge in [0.1, 0.15) is 0 Å². The summed E-state index contributed by atoms with van der Waals surface area (Å²) in [5.41, 5.74) is 1.24. The fourth-order valence-electron chi connectivity index (χ4n) is 2.75. The van der Waals surface area contributed by atoms with Crippen molar-refractivity contribution in [3.8, 4) is 0 Å². The first-order chi connectivity index (χ1) is 10.5. The molecule has 1 heterocycles. The van der Waals surface area contributed by atoms with Crippen LogP contribution in [0.3, 0.4) is 0 Å². The number of hydrogen-bond donors (Lipinski definition) is 0. The summed E-state index contributed by atoms with van der Waals surface area (Å²) < 4.78 is 11.3. The first kappa shape index (κ1) is 17.1. The first-order valence-electron chi connectivity index (χ1n) is 7.47. The number of amides is 2. The summed E-state index contributed by atoms with van der Waals surface area (Å²) in [6, 6.07) is 0. The third-order valence-electron chi connectivity index (χ3n) is 4.02. The maximum absolute atomic E-state index is 12.3. The Kier molecular flexibility index (Phi) is 6.13. The van der Waals surface area contributed by atoms with Gasteiger partial charge in [0, 0.05) is 0 Å². The third kappa shape index (κ3) is 4.16. The second kappa shape index (κ2) is 7.87. The zero-order valence-corrected chi connectivity index (χ0v) is 15.7. The van der Waals surface area contributed by atoms with E-state index in [0.29, 0.717) is 25.3 Å². The van der Waals surface area contributed by atoms with Crippen LogP contribution in [0.1, 0.15) is 32.1 Å². The summed E-state index contributed by atoms with van der Waals surface area (Å²) in [7, 11) is 1.61. The number of nitrogens with zero attached hydrogens (tertiary/aromatic N) is 1. The number of carbonyl (C=O) groups is 2. The van der Waals surface area contributed by atoms with Gasteiger partial charge in [0.15, 0.2) is 0 Å². The molecule has 1 aliphatic heterocycles. The van der Waals surface area contributed by atoms with Crippen LogP contribution in [0, 0.1) is 5.92 Å². The molecule has 0 aromatic rings. The number of methoxy groups -OCH3 is 1. The van der Waals surface area contributed by atoms with Crippen LogP contribution >= 0.6 is 0 Å². The van der Waals surface area contributed by atoms with Crippen LogP contribution in [0.25, 0.3) is 0 Å². The Bertz CT molecular complexity index is 526. The van der Waals surface area contributed by atoms with Gasteiger partial charge in [0.2, 0.25) is 0 Å². The summed E-state index contributed by atoms with van der Waals surface area (Å²) in [5, 5.41) is 0. The fraction of sp³-hybridized carbons (Fsp3) is 0.562. The van der Waals surface area contributed by atoms with E-state index in [9.17, 15) is 9.59 Å². The maximum atomic E-state index is 12.3. The van der Waals surface area contributed by atoms with Crippen molar-refractivity contribution in [2.24, 2.45) is 5.92 Å². The van der Waals surface area contributed by atoms with Crippen molar-refractivity contribution < 1.29 is 38.4 Å². The van der Waals surface area contributed by atoms with Gasteiger partial charge >= 0.3 is 141 Å². The van der Waals surface area contributed by atoms with E-state index >= 15 is 0 Å². The fourth-order valence-corrected chi connectivity index (χ4v) is 4.06. The van der Waals surface area contributed by atoms with Crippen molar-refractivity contribution in [3.63, 3.8) is 0 Å². The van der Waals surface area contributed by atoms with Crippen LogP contribution in [-0.4, -0.2) is 41.1 Å².